The summed E-state index contributed by atoms with van der Waals surface area (Å²) in [4.78, 5) is 24.2. The fraction of sp³-hybridized carbons (Fsp3) is 0.636. The molecule has 0 aliphatic heterocycles. The van der Waals surface area contributed by atoms with Gasteiger partial charge in [0.1, 0.15) is 0 Å². The summed E-state index contributed by atoms with van der Waals surface area (Å²) in [7, 11) is 0. The Labute approximate surface area is 157 Å². The average Bonchev–Trinajstić information content (AvgIpc) is 2.59. The van der Waals surface area contributed by atoms with Crippen LogP contribution in [0.1, 0.15) is 71.8 Å². The van der Waals surface area contributed by atoms with Gasteiger partial charge in [-0.15, -0.1) is 0 Å². The number of esters is 1. The molecule has 0 unspecified atom stereocenters. The molecule has 4 heteroatoms. The number of nitrogens with one attached hydrogen (secondary N) is 1. The molecule has 0 aromatic heterocycles. The van der Waals surface area contributed by atoms with Crippen LogP contribution in [0, 0.1) is 17.3 Å². The quantitative estimate of drug-likeness (QED) is 0.740. The lowest BCUT2D eigenvalue weighted by Crippen LogP contribution is -2.31. The maximum atomic E-state index is 12.2. The lowest BCUT2D eigenvalue weighted by atomic mass is 9.70. The summed E-state index contributed by atoms with van der Waals surface area (Å²) in [6.07, 6.45) is 3.83. The molecule has 1 aliphatic carbocycles. The van der Waals surface area contributed by atoms with Gasteiger partial charge >= 0.3 is 5.97 Å². The fourth-order valence-corrected chi connectivity index (χ4v) is 3.60. The van der Waals surface area contributed by atoms with Gasteiger partial charge < -0.3 is 10.1 Å². The summed E-state index contributed by atoms with van der Waals surface area (Å²) in [6.45, 7) is 10.8. The molecule has 0 atom stereocenters. The van der Waals surface area contributed by atoms with Gasteiger partial charge in [-0.3, -0.25) is 9.59 Å². The number of benzene rings is 1. The molecule has 4 nitrogen and oxygen atoms in total. The number of rotatable bonds is 5. The van der Waals surface area contributed by atoms with E-state index in [0.29, 0.717) is 17.3 Å². The highest BCUT2D eigenvalue weighted by atomic mass is 16.5. The van der Waals surface area contributed by atoms with E-state index in [1.807, 2.05) is 24.3 Å². The fourth-order valence-electron chi connectivity index (χ4n) is 3.60. The molecule has 0 bridgehead atoms. The van der Waals surface area contributed by atoms with E-state index in [2.05, 4.69) is 39.9 Å². The predicted octanol–water partition coefficient (Wildman–Crippen LogP) is 5.14. The molecule has 1 saturated carbocycles. The van der Waals surface area contributed by atoms with E-state index in [4.69, 9.17) is 4.74 Å². The van der Waals surface area contributed by atoms with E-state index in [0.717, 1.165) is 31.4 Å². The molecular weight excluding hydrogens is 326 g/mol. The number of hydrogen-bond acceptors (Lipinski definition) is 3. The number of carbonyl (C=O) groups is 2. The molecule has 1 fully saturated rings. The van der Waals surface area contributed by atoms with E-state index in [1.54, 1.807) is 0 Å². The molecule has 144 valence electrons. The third kappa shape index (κ3) is 5.86. The first-order valence-corrected chi connectivity index (χ1v) is 9.73. The Hall–Kier alpha value is -1.84. The Balaban J connectivity index is 1.74. The number of ether oxygens (including phenoxy) is 1. The second-order valence-electron chi connectivity index (χ2n) is 8.85. The lowest BCUT2D eigenvalue weighted by molar-refractivity contribution is -0.153. The van der Waals surface area contributed by atoms with Crippen molar-refractivity contribution in [2.24, 2.45) is 17.3 Å². The maximum Gasteiger partial charge on any atom is 0.309 e. The van der Waals surface area contributed by atoms with Gasteiger partial charge in [-0.1, -0.05) is 46.8 Å². The maximum absolute atomic E-state index is 12.2. The van der Waals surface area contributed by atoms with Gasteiger partial charge in [0.25, 0.3) is 5.91 Å². The third-order valence-corrected chi connectivity index (χ3v) is 5.49. The molecule has 0 heterocycles. The van der Waals surface area contributed by atoms with E-state index in [1.165, 1.54) is 5.56 Å². The monoisotopic (exact) mass is 359 g/mol. The minimum atomic E-state index is -0.293. The molecule has 1 N–H and O–H groups in total. The Morgan fingerprint density at radius 3 is 2.15 bits per heavy atom. The van der Waals surface area contributed by atoms with Crippen molar-refractivity contribution in [3.05, 3.63) is 29.8 Å². The SMILES string of the molecule is CC(C)c1ccc(NC(=O)COC(=O)C2CCC(C(C)(C)C)CC2)cc1. The highest BCUT2D eigenvalue weighted by Crippen LogP contribution is 2.40. The van der Waals surface area contributed by atoms with E-state index < -0.39 is 0 Å². The number of hydrogen-bond donors (Lipinski definition) is 1. The molecule has 0 saturated heterocycles. The zero-order valence-electron chi connectivity index (χ0n) is 16.8. The van der Waals surface area contributed by atoms with E-state index in [9.17, 15) is 9.59 Å². The number of carbonyl (C=O) groups excluding carboxylic acids is 2. The van der Waals surface area contributed by atoms with E-state index in [-0.39, 0.29) is 24.4 Å². The van der Waals surface area contributed by atoms with Crippen LogP contribution < -0.4 is 5.32 Å². The van der Waals surface area contributed by atoms with Gasteiger partial charge in [0.15, 0.2) is 6.61 Å². The summed E-state index contributed by atoms with van der Waals surface area (Å²) in [5.41, 5.74) is 2.24. The number of anilines is 1. The van der Waals surface area contributed by atoms with Gasteiger partial charge in [-0.25, -0.2) is 0 Å². The molecular formula is C22H33NO3. The minimum Gasteiger partial charge on any atom is -0.455 e. The smallest absolute Gasteiger partial charge is 0.309 e. The first-order valence-electron chi connectivity index (χ1n) is 9.73. The second kappa shape index (κ2) is 8.70. The highest BCUT2D eigenvalue weighted by molar-refractivity contribution is 5.92. The van der Waals surface area contributed by atoms with Gasteiger partial charge in [0.2, 0.25) is 0 Å². The van der Waals surface area contributed by atoms with Gasteiger partial charge in [0, 0.05) is 5.69 Å². The third-order valence-electron chi connectivity index (χ3n) is 5.49. The van der Waals surface area contributed by atoms with Crippen LogP contribution >= 0.6 is 0 Å². The van der Waals surface area contributed by atoms with Crippen LogP contribution in [-0.2, 0) is 14.3 Å². The van der Waals surface area contributed by atoms with Crippen LogP contribution in [0.15, 0.2) is 24.3 Å². The van der Waals surface area contributed by atoms with Crippen LogP contribution in [-0.4, -0.2) is 18.5 Å². The van der Waals surface area contributed by atoms with Crippen molar-refractivity contribution < 1.29 is 14.3 Å². The molecule has 1 amide bonds. The molecule has 0 spiro atoms. The minimum absolute atomic E-state index is 0.0632. The Morgan fingerprint density at radius 1 is 1.08 bits per heavy atom. The van der Waals surface area contributed by atoms with Crippen molar-refractivity contribution in [1.29, 1.82) is 0 Å². The van der Waals surface area contributed by atoms with Crippen LogP contribution in [0.2, 0.25) is 0 Å². The number of amides is 1. The Morgan fingerprint density at radius 2 is 1.65 bits per heavy atom. The first kappa shape index (κ1) is 20.5. The summed E-state index contributed by atoms with van der Waals surface area (Å²) in [6, 6.07) is 7.76. The second-order valence-corrected chi connectivity index (χ2v) is 8.85. The van der Waals surface area contributed by atoms with Crippen LogP contribution in [0.25, 0.3) is 0 Å². The highest BCUT2D eigenvalue weighted by Gasteiger charge is 2.33. The molecule has 0 radical (unpaired) electrons. The zero-order valence-corrected chi connectivity index (χ0v) is 16.8. The summed E-state index contributed by atoms with van der Waals surface area (Å²) in [5, 5.41) is 2.78. The van der Waals surface area contributed by atoms with E-state index >= 15 is 0 Å². The molecule has 1 aliphatic rings. The van der Waals surface area contributed by atoms with Crippen molar-refractivity contribution in [3.63, 3.8) is 0 Å². The van der Waals surface area contributed by atoms with Crippen LogP contribution in [0.5, 0.6) is 0 Å². The molecule has 26 heavy (non-hydrogen) atoms. The Bertz CT molecular complexity index is 605. The van der Waals surface area contributed by atoms with Crippen LogP contribution in [0.4, 0.5) is 5.69 Å². The molecule has 2 rings (SSSR count). The molecule has 1 aromatic rings. The topological polar surface area (TPSA) is 55.4 Å². The van der Waals surface area contributed by atoms with Crippen molar-refractivity contribution in [3.8, 4) is 0 Å². The van der Waals surface area contributed by atoms with Gasteiger partial charge in [0.05, 0.1) is 5.92 Å². The summed E-state index contributed by atoms with van der Waals surface area (Å²) < 4.78 is 5.25. The van der Waals surface area contributed by atoms with Gasteiger partial charge in [-0.2, -0.15) is 0 Å². The standard InChI is InChI=1S/C22H33NO3/c1-15(2)16-8-12-19(13-9-16)23-20(24)14-26-21(25)17-6-10-18(11-7-17)22(3,4)5/h8-9,12-13,15,17-18H,6-7,10-11,14H2,1-5H3,(H,23,24). The first-order chi connectivity index (χ1) is 12.2. The van der Waals surface area contributed by atoms with Crippen molar-refractivity contribution >= 4 is 17.6 Å². The average molecular weight is 360 g/mol. The van der Waals surface area contributed by atoms with Crippen molar-refractivity contribution in [2.45, 2.75) is 66.2 Å². The van der Waals surface area contributed by atoms with Crippen molar-refractivity contribution in [1.82, 2.24) is 0 Å². The zero-order chi connectivity index (χ0) is 19.3. The van der Waals surface area contributed by atoms with Gasteiger partial charge in [-0.05, 0) is 60.6 Å². The summed E-state index contributed by atoms with van der Waals surface area (Å²) >= 11 is 0. The predicted molar refractivity (Wildman–Crippen MR) is 105 cm³/mol. The van der Waals surface area contributed by atoms with Crippen LogP contribution in [0.3, 0.4) is 0 Å². The largest absolute Gasteiger partial charge is 0.455 e. The Kier molecular flexibility index (Phi) is 6.85. The summed E-state index contributed by atoms with van der Waals surface area (Å²) in [5.74, 6) is 0.520. The molecule has 1 aromatic carbocycles. The van der Waals surface area contributed by atoms with Crippen molar-refractivity contribution in [2.75, 3.05) is 11.9 Å². The lowest BCUT2D eigenvalue weighted by Gasteiger charge is -2.36. The normalized spacial score (nSPS) is 20.7.